The topological polar surface area (TPSA) is 60.4 Å². The summed E-state index contributed by atoms with van der Waals surface area (Å²) >= 11 is 0. The van der Waals surface area contributed by atoms with Crippen molar-refractivity contribution in [2.75, 3.05) is 0 Å². The van der Waals surface area contributed by atoms with Crippen LogP contribution in [0.5, 0.6) is 0 Å². The number of ether oxygens (including phenoxy) is 1. The van der Waals surface area contributed by atoms with Gasteiger partial charge in [0.15, 0.2) is 0 Å². The number of esters is 2. The van der Waals surface area contributed by atoms with Crippen LogP contribution in [0, 0.1) is 5.41 Å². The average Bonchev–Trinajstić information content (AvgIpc) is 1.99. The Balaban J connectivity index is 4.54. The van der Waals surface area contributed by atoms with Gasteiger partial charge in [-0.15, -0.1) is 0 Å². The van der Waals surface area contributed by atoms with E-state index in [1.807, 2.05) is 0 Å². The molecule has 0 aromatic rings. The molecular weight excluding hydrogens is 217 g/mol. The largest absolute Gasteiger partial charge is 0.491 e. The Morgan fingerprint density at radius 1 is 1.00 bits per heavy atom. The zero-order valence-corrected chi connectivity index (χ0v) is 8.27. The van der Waals surface area contributed by atoms with Crippen molar-refractivity contribution in [3.8, 4) is 0 Å². The van der Waals surface area contributed by atoms with Crippen LogP contribution in [0.3, 0.4) is 0 Å². The van der Waals surface area contributed by atoms with Gasteiger partial charge < -0.3 is 4.74 Å². The van der Waals surface area contributed by atoms with Crippen molar-refractivity contribution in [1.82, 2.24) is 0 Å². The summed E-state index contributed by atoms with van der Waals surface area (Å²) in [7, 11) is 0. The molecule has 0 aromatic heterocycles. The fourth-order valence-corrected chi connectivity index (χ4v) is 0.495. The number of alkyl halides is 3. The van der Waals surface area contributed by atoms with Crippen LogP contribution < -0.4 is 0 Å². The van der Waals surface area contributed by atoms with Crippen molar-refractivity contribution in [3.63, 3.8) is 0 Å². The van der Waals surface area contributed by atoms with Crippen LogP contribution in [0.4, 0.5) is 13.2 Å². The molecule has 0 saturated carbocycles. The highest BCUT2D eigenvalue weighted by Crippen LogP contribution is 2.19. The van der Waals surface area contributed by atoms with E-state index in [1.54, 1.807) is 0 Å². The molecule has 15 heavy (non-hydrogen) atoms. The highest BCUT2D eigenvalue weighted by Gasteiger charge is 2.44. The summed E-state index contributed by atoms with van der Waals surface area (Å²) in [6.07, 6.45) is -5.28. The van der Waals surface area contributed by atoms with Gasteiger partial charge in [-0.3, -0.25) is 4.79 Å². The number of Topliss-reactive ketones (excluding diaryl/α,β-unsaturated/α-hetero) is 1. The van der Waals surface area contributed by atoms with Gasteiger partial charge in [0.1, 0.15) is 0 Å². The number of hydrogen-bond acceptors (Lipinski definition) is 4. The third kappa shape index (κ3) is 4.09. The van der Waals surface area contributed by atoms with Crippen molar-refractivity contribution in [2.45, 2.75) is 26.9 Å². The maximum atomic E-state index is 11.6. The molecule has 0 aromatic carbocycles. The minimum Gasteiger partial charge on any atom is -0.380 e. The summed E-state index contributed by atoms with van der Waals surface area (Å²) in [5.74, 6) is -5.69. The first-order valence-corrected chi connectivity index (χ1v) is 3.84. The van der Waals surface area contributed by atoms with E-state index in [0.29, 0.717) is 0 Å². The molecule has 0 bridgehead atoms. The second-order valence-electron chi connectivity index (χ2n) is 3.75. The summed E-state index contributed by atoms with van der Waals surface area (Å²) in [6.45, 7) is 3.94. The third-order valence-corrected chi connectivity index (χ3v) is 1.28. The van der Waals surface area contributed by atoms with Crippen molar-refractivity contribution in [3.05, 3.63) is 0 Å². The molecule has 0 unspecified atom stereocenters. The molecule has 4 nitrogen and oxygen atoms in total. The van der Waals surface area contributed by atoms with Crippen molar-refractivity contribution in [1.29, 1.82) is 0 Å². The summed E-state index contributed by atoms with van der Waals surface area (Å²) in [5, 5.41) is 0. The lowest BCUT2D eigenvalue weighted by Crippen LogP contribution is -2.35. The van der Waals surface area contributed by atoms with Gasteiger partial charge in [-0.1, -0.05) is 20.8 Å². The lowest BCUT2D eigenvalue weighted by Gasteiger charge is -2.14. The quantitative estimate of drug-likeness (QED) is 0.383. The second kappa shape index (κ2) is 4.00. The predicted octanol–water partition coefficient (Wildman–Crippen LogP) is 1.23. The number of ketones is 1. The van der Waals surface area contributed by atoms with Gasteiger partial charge in [-0.2, -0.15) is 13.2 Å². The molecule has 0 aliphatic heterocycles. The fourth-order valence-electron chi connectivity index (χ4n) is 0.495. The first kappa shape index (κ1) is 13.6. The van der Waals surface area contributed by atoms with Crippen LogP contribution in [0.2, 0.25) is 0 Å². The SMILES string of the molecule is CC(C)(C)C(=O)C(=O)OC(=O)C(F)(F)F. The zero-order chi connectivity index (χ0) is 12.4. The molecule has 86 valence electrons. The monoisotopic (exact) mass is 226 g/mol. The molecule has 0 spiro atoms. The summed E-state index contributed by atoms with van der Waals surface area (Å²) in [5.41, 5.74) is -1.19. The average molecular weight is 226 g/mol. The van der Waals surface area contributed by atoms with Crippen LogP contribution in [-0.4, -0.2) is 23.9 Å². The Morgan fingerprint density at radius 3 is 1.67 bits per heavy atom. The Kier molecular flexibility index (Phi) is 3.62. The fraction of sp³-hybridized carbons (Fsp3) is 0.625. The van der Waals surface area contributed by atoms with Crippen molar-refractivity contribution >= 4 is 17.7 Å². The molecule has 0 atom stereocenters. The highest BCUT2D eigenvalue weighted by atomic mass is 19.4. The number of carbonyl (C=O) groups excluding carboxylic acids is 3. The van der Waals surface area contributed by atoms with Gasteiger partial charge in [0.25, 0.3) is 0 Å². The third-order valence-electron chi connectivity index (χ3n) is 1.28. The Bertz CT molecular complexity index is 298. The molecular formula is C8H9F3O4. The minimum atomic E-state index is -5.28. The molecule has 0 saturated heterocycles. The Morgan fingerprint density at radius 2 is 1.40 bits per heavy atom. The number of hydrogen-bond donors (Lipinski definition) is 0. The molecule has 7 heteroatoms. The lowest BCUT2D eigenvalue weighted by molar-refractivity contribution is -0.202. The molecule has 0 heterocycles. The minimum absolute atomic E-state index is 1.19. The van der Waals surface area contributed by atoms with E-state index in [4.69, 9.17) is 0 Å². The Hall–Kier alpha value is -1.40. The standard InChI is InChI=1S/C8H9F3O4/c1-7(2,3)4(12)5(13)15-6(14)8(9,10)11/h1-3H3. The van der Waals surface area contributed by atoms with Gasteiger partial charge in [0.05, 0.1) is 0 Å². The molecule has 0 aliphatic carbocycles. The van der Waals surface area contributed by atoms with E-state index in [-0.39, 0.29) is 0 Å². The van der Waals surface area contributed by atoms with Crippen molar-refractivity contribution in [2.24, 2.45) is 5.41 Å². The van der Waals surface area contributed by atoms with Gasteiger partial charge in [0.2, 0.25) is 5.78 Å². The van der Waals surface area contributed by atoms with Crippen LogP contribution in [-0.2, 0) is 19.1 Å². The Labute approximate surface area is 83.4 Å². The summed E-state index contributed by atoms with van der Waals surface area (Å²) in [6, 6.07) is 0. The van der Waals surface area contributed by atoms with E-state index >= 15 is 0 Å². The van der Waals surface area contributed by atoms with E-state index in [2.05, 4.69) is 4.74 Å². The first-order chi connectivity index (χ1) is 6.46. The molecule has 0 aliphatic rings. The summed E-state index contributed by atoms with van der Waals surface area (Å²) < 4.78 is 38.2. The number of carbonyl (C=O) groups is 3. The normalized spacial score (nSPS) is 12.1. The summed E-state index contributed by atoms with van der Waals surface area (Å²) in [4.78, 5) is 32.0. The van der Waals surface area contributed by atoms with Gasteiger partial charge in [-0.25, -0.2) is 9.59 Å². The highest BCUT2D eigenvalue weighted by molar-refractivity contribution is 6.37. The van der Waals surface area contributed by atoms with E-state index in [1.165, 1.54) is 20.8 Å². The van der Waals surface area contributed by atoms with Crippen molar-refractivity contribution < 1.29 is 32.3 Å². The van der Waals surface area contributed by atoms with Crippen LogP contribution in [0.15, 0.2) is 0 Å². The predicted molar refractivity (Wildman–Crippen MR) is 41.6 cm³/mol. The maximum absolute atomic E-state index is 11.6. The number of halogens is 3. The van der Waals surface area contributed by atoms with Gasteiger partial charge >= 0.3 is 18.1 Å². The molecule has 0 radical (unpaired) electrons. The molecule has 0 rings (SSSR count). The van der Waals surface area contributed by atoms with Crippen LogP contribution in [0.1, 0.15) is 20.8 Å². The first-order valence-electron chi connectivity index (χ1n) is 3.84. The van der Waals surface area contributed by atoms with E-state index < -0.39 is 29.3 Å². The van der Waals surface area contributed by atoms with E-state index in [0.717, 1.165) is 0 Å². The zero-order valence-electron chi connectivity index (χ0n) is 8.27. The molecule has 0 N–H and O–H groups in total. The van der Waals surface area contributed by atoms with Gasteiger partial charge in [-0.05, 0) is 0 Å². The second-order valence-corrected chi connectivity index (χ2v) is 3.75. The molecule has 0 fully saturated rings. The van der Waals surface area contributed by atoms with Crippen LogP contribution >= 0.6 is 0 Å². The maximum Gasteiger partial charge on any atom is 0.491 e. The van der Waals surface area contributed by atoms with Crippen LogP contribution in [0.25, 0.3) is 0 Å². The van der Waals surface area contributed by atoms with Gasteiger partial charge in [0, 0.05) is 5.41 Å². The molecule has 0 amide bonds. The smallest absolute Gasteiger partial charge is 0.380 e. The van der Waals surface area contributed by atoms with E-state index in [9.17, 15) is 27.6 Å². The lowest BCUT2D eigenvalue weighted by atomic mass is 9.91. The number of rotatable bonds is 1.